The van der Waals surface area contributed by atoms with E-state index in [1.165, 1.54) is 18.5 Å². The Hall–Kier alpha value is -3.21. The molecule has 1 N–H and O–H groups in total. The number of aromatic nitrogens is 5. The van der Waals surface area contributed by atoms with Crippen molar-refractivity contribution in [3.8, 4) is 0 Å². The van der Waals surface area contributed by atoms with Crippen molar-refractivity contribution < 1.29 is 18.0 Å². The van der Waals surface area contributed by atoms with Gasteiger partial charge in [-0.1, -0.05) is 12.1 Å². The van der Waals surface area contributed by atoms with Crippen LogP contribution in [0.25, 0.3) is 11.0 Å². The zero-order valence-corrected chi connectivity index (χ0v) is 18.7. The van der Waals surface area contributed by atoms with Crippen LogP contribution in [0.2, 0.25) is 0 Å². The van der Waals surface area contributed by atoms with Gasteiger partial charge in [-0.05, 0) is 53.5 Å². The van der Waals surface area contributed by atoms with Crippen LogP contribution in [0.4, 0.5) is 18.9 Å². The van der Waals surface area contributed by atoms with E-state index in [1.807, 2.05) is 18.3 Å². The quantitative estimate of drug-likeness (QED) is 0.425. The lowest BCUT2D eigenvalue weighted by molar-refractivity contribution is -0.136. The second-order valence-corrected chi connectivity index (χ2v) is 8.27. The Bertz CT molecular complexity index is 1310. The molecule has 4 rings (SSSR count). The number of fused-ring (bicyclic) bond motifs is 1. The van der Waals surface area contributed by atoms with E-state index in [2.05, 4.69) is 36.4 Å². The van der Waals surface area contributed by atoms with Gasteiger partial charge in [-0.2, -0.15) is 23.4 Å². The average Bonchev–Trinajstić information content (AvgIpc) is 3.23. The van der Waals surface area contributed by atoms with Crippen molar-refractivity contribution in [2.75, 3.05) is 5.32 Å². The minimum Gasteiger partial charge on any atom is -0.324 e. The number of halogens is 4. The first kappa shape index (κ1) is 22.0. The lowest BCUT2D eigenvalue weighted by Gasteiger charge is -2.10. The van der Waals surface area contributed by atoms with E-state index >= 15 is 0 Å². The molecule has 3 aromatic heterocycles. The van der Waals surface area contributed by atoms with E-state index < -0.39 is 17.6 Å². The minimum absolute atomic E-state index is 0.0305. The third-order valence-corrected chi connectivity index (χ3v) is 5.17. The van der Waals surface area contributed by atoms with Gasteiger partial charge in [0.15, 0.2) is 5.65 Å². The SMILES string of the molecule is Cc1cc(C(F)(F)F)c2c(C)nn(CC(=O)Nc3cccc(Cn4cc(Br)cn4)c3)c2n1. The number of hydrogen-bond donors (Lipinski definition) is 1. The van der Waals surface area contributed by atoms with Crippen molar-refractivity contribution in [3.05, 3.63) is 69.7 Å². The fourth-order valence-electron chi connectivity index (χ4n) is 3.51. The van der Waals surface area contributed by atoms with Gasteiger partial charge in [0, 0.05) is 17.6 Å². The first-order valence-corrected chi connectivity index (χ1v) is 10.4. The number of benzene rings is 1. The number of carbonyl (C=O) groups is 1. The summed E-state index contributed by atoms with van der Waals surface area (Å²) in [6.45, 7) is 3.20. The van der Waals surface area contributed by atoms with E-state index in [1.54, 1.807) is 23.0 Å². The summed E-state index contributed by atoms with van der Waals surface area (Å²) in [6.07, 6.45) is -1.03. The number of pyridine rings is 1. The zero-order valence-electron chi connectivity index (χ0n) is 17.1. The number of anilines is 1. The number of carbonyl (C=O) groups excluding carboxylic acids is 1. The second-order valence-electron chi connectivity index (χ2n) is 7.36. The molecule has 11 heteroatoms. The Morgan fingerprint density at radius 3 is 2.69 bits per heavy atom. The van der Waals surface area contributed by atoms with Crippen LogP contribution in [0.5, 0.6) is 0 Å². The summed E-state index contributed by atoms with van der Waals surface area (Å²) in [5, 5.41) is 11.0. The van der Waals surface area contributed by atoms with Gasteiger partial charge < -0.3 is 5.32 Å². The van der Waals surface area contributed by atoms with Crippen molar-refractivity contribution >= 4 is 38.6 Å². The number of nitrogens with one attached hydrogen (secondary N) is 1. The largest absolute Gasteiger partial charge is 0.417 e. The van der Waals surface area contributed by atoms with Gasteiger partial charge in [0.2, 0.25) is 5.91 Å². The van der Waals surface area contributed by atoms with E-state index in [0.29, 0.717) is 12.2 Å². The van der Waals surface area contributed by atoms with E-state index in [9.17, 15) is 18.0 Å². The molecule has 0 spiro atoms. The molecule has 7 nitrogen and oxygen atoms in total. The van der Waals surface area contributed by atoms with Crippen LogP contribution >= 0.6 is 15.9 Å². The summed E-state index contributed by atoms with van der Waals surface area (Å²) < 4.78 is 44.2. The third-order valence-electron chi connectivity index (χ3n) is 4.76. The van der Waals surface area contributed by atoms with Crippen LogP contribution in [-0.2, 0) is 24.1 Å². The maximum atomic E-state index is 13.5. The minimum atomic E-state index is -4.54. The normalized spacial score (nSPS) is 11.8. The molecule has 0 radical (unpaired) electrons. The smallest absolute Gasteiger partial charge is 0.324 e. The number of alkyl halides is 3. The highest BCUT2D eigenvalue weighted by atomic mass is 79.9. The predicted molar refractivity (Wildman–Crippen MR) is 116 cm³/mol. The number of amides is 1. The van der Waals surface area contributed by atoms with Gasteiger partial charge in [0.05, 0.1) is 33.9 Å². The summed E-state index contributed by atoms with van der Waals surface area (Å²) in [7, 11) is 0. The van der Waals surface area contributed by atoms with E-state index in [-0.39, 0.29) is 29.0 Å². The number of aryl methyl sites for hydroxylation is 2. The number of rotatable bonds is 5. The average molecular weight is 507 g/mol. The van der Waals surface area contributed by atoms with Crippen molar-refractivity contribution in [2.45, 2.75) is 33.1 Å². The Morgan fingerprint density at radius 2 is 2.00 bits per heavy atom. The van der Waals surface area contributed by atoms with Crippen molar-refractivity contribution in [2.24, 2.45) is 0 Å². The Labute approximate surface area is 189 Å². The Morgan fingerprint density at radius 1 is 1.22 bits per heavy atom. The van der Waals surface area contributed by atoms with Crippen molar-refractivity contribution in [1.29, 1.82) is 0 Å². The maximum absolute atomic E-state index is 13.5. The molecular formula is C21H18BrF3N6O. The Balaban J connectivity index is 1.55. The molecule has 1 aromatic carbocycles. The molecule has 166 valence electrons. The monoisotopic (exact) mass is 506 g/mol. The highest BCUT2D eigenvalue weighted by Crippen LogP contribution is 2.36. The molecule has 0 saturated carbocycles. The first-order valence-electron chi connectivity index (χ1n) is 9.59. The molecule has 0 aliphatic carbocycles. The summed E-state index contributed by atoms with van der Waals surface area (Å²) in [5.74, 6) is -0.426. The summed E-state index contributed by atoms with van der Waals surface area (Å²) >= 11 is 3.35. The fraction of sp³-hybridized carbons (Fsp3) is 0.238. The standard InChI is InChI=1S/C21H18BrF3N6O/c1-12-6-17(21(23,24)25)19-13(2)29-31(20(19)27-12)11-18(32)28-16-5-3-4-14(7-16)9-30-10-15(22)8-26-30/h3-8,10H,9,11H2,1-2H3,(H,28,32). The Kier molecular flexibility index (Phi) is 5.76. The predicted octanol–water partition coefficient (Wildman–Crippen LogP) is 4.71. The second kappa shape index (κ2) is 8.38. The van der Waals surface area contributed by atoms with Crippen LogP contribution < -0.4 is 5.32 Å². The van der Waals surface area contributed by atoms with Gasteiger partial charge in [0.25, 0.3) is 0 Å². The van der Waals surface area contributed by atoms with Crippen LogP contribution in [0.1, 0.15) is 22.5 Å². The number of hydrogen-bond acceptors (Lipinski definition) is 4. The lowest BCUT2D eigenvalue weighted by Crippen LogP contribution is -2.20. The van der Waals surface area contributed by atoms with Gasteiger partial charge >= 0.3 is 6.18 Å². The molecule has 0 unspecified atom stereocenters. The van der Waals surface area contributed by atoms with Crippen molar-refractivity contribution in [3.63, 3.8) is 0 Å². The number of nitrogens with zero attached hydrogens (tertiary/aromatic N) is 5. The highest BCUT2D eigenvalue weighted by Gasteiger charge is 2.35. The lowest BCUT2D eigenvalue weighted by atomic mass is 10.1. The van der Waals surface area contributed by atoms with Crippen LogP contribution in [0.3, 0.4) is 0 Å². The summed E-state index contributed by atoms with van der Waals surface area (Å²) in [4.78, 5) is 16.8. The van der Waals surface area contributed by atoms with Crippen LogP contribution in [-0.4, -0.2) is 30.5 Å². The molecule has 32 heavy (non-hydrogen) atoms. The molecule has 3 heterocycles. The molecule has 0 aliphatic rings. The van der Waals surface area contributed by atoms with Gasteiger partial charge in [-0.25, -0.2) is 9.67 Å². The van der Waals surface area contributed by atoms with Crippen molar-refractivity contribution in [1.82, 2.24) is 24.5 Å². The molecule has 0 bridgehead atoms. The molecule has 0 aliphatic heterocycles. The third kappa shape index (κ3) is 4.67. The molecule has 0 fully saturated rings. The molecule has 1 amide bonds. The maximum Gasteiger partial charge on any atom is 0.417 e. The molecule has 0 atom stereocenters. The van der Waals surface area contributed by atoms with E-state index in [0.717, 1.165) is 16.1 Å². The summed E-state index contributed by atoms with van der Waals surface area (Å²) in [6, 6.07) is 8.24. The van der Waals surface area contributed by atoms with Gasteiger partial charge in [0.1, 0.15) is 6.54 Å². The highest BCUT2D eigenvalue weighted by molar-refractivity contribution is 9.10. The molecule has 4 aromatic rings. The van der Waals surface area contributed by atoms with Crippen LogP contribution in [0, 0.1) is 13.8 Å². The zero-order chi connectivity index (χ0) is 23.0. The van der Waals surface area contributed by atoms with Gasteiger partial charge in [-0.15, -0.1) is 0 Å². The van der Waals surface area contributed by atoms with Crippen LogP contribution in [0.15, 0.2) is 47.2 Å². The summed E-state index contributed by atoms with van der Waals surface area (Å²) in [5.41, 5.74) is 1.08. The van der Waals surface area contributed by atoms with E-state index in [4.69, 9.17) is 0 Å². The molecular weight excluding hydrogens is 489 g/mol. The molecule has 0 saturated heterocycles. The topological polar surface area (TPSA) is 77.6 Å². The van der Waals surface area contributed by atoms with Gasteiger partial charge in [-0.3, -0.25) is 9.48 Å². The fourth-order valence-corrected chi connectivity index (χ4v) is 3.84. The first-order chi connectivity index (χ1) is 15.1.